The highest BCUT2D eigenvalue weighted by Gasteiger charge is 2.49. The van der Waals surface area contributed by atoms with Gasteiger partial charge in [-0.2, -0.15) is 0 Å². The number of imide groups is 1. The van der Waals surface area contributed by atoms with E-state index in [1.54, 1.807) is 43.3 Å². The highest BCUT2D eigenvalue weighted by atomic mass is 32.2. The van der Waals surface area contributed by atoms with Crippen molar-refractivity contribution in [3.63, 3.8) is 0 Å². The first-order valence-corrected chi connectivity index (χ1v) is 11.6. The smallest absolute Gasteiger partial charge is 0.325 e. The van der Waals surface area contributed by atoms with Crippen LogP contribution in [-0.2, 0) is 25.2 Å². The number of benzene rings is 2. The second-order valence-corrected chi connectivity index (χ2v) is 9.25. The van der Waals surface area contributed by atoms with Crippen LogP contribution in [0, 0.1) is 0 Å². The molecule has 0 radical (unpaired) electrons. The molecular weight excluding hydrogens is 460 g/mol. The molecule has 12 heteroatoms. The van der Waals surface area contributed by atoms with Crippen molar-refractivity contribution in [1.82, 2.24) is 20.2 Å². The molecule has 2 aromatic carbocycles. The van der Waals surface area contributed by atoms with Crippen LogP contribution in [0.3, 0.4) is 0 Å². The third-order valence-corrected chi connectivity index (χ3v) is 6.51. The maximum absolute atomic E-state index is 12.9. The Morgan fingerprint density at radius 3 is 2.29 bits per heavy atom. The summed E-state index contributed by atoms with van der Waals surface area (Å²) in [6.07, 6.45) is 2.80. The maximum atomic E-state index is 12.9. The molecule has 0 spiro atoms. The van der Waals surface area contributed by atoms with E-state index in [1.807, 2.05) is 0 Å². The lowest BCUT2D eigenvalue weighted by Gasteiger charge is -2.22. The van der Waals surface area contributed by atoms with Gasteiger partial charge in [0, 0.05) is 18.1 Å². The average molecular weight is 481 g/mol. The van der Waals surface area contributed by atoms with Gasteiger partial charge < -0.3 is 10.6 Å². The number of aromatic nitrogens is 2. The van der Waals surface area contributed by atoms with Gasteiger partial charge in [-0.15, -0.1) is 0 Å². The van der Waals surface area contributed by atoms with Crippen LogP contribution in [0.1, 0.15) is 12.5 Å². The SMILES string of the molecule is C[C@@]1(c2ccccc2)NC(=O)N(CC(=O)Nc2ccc(S(=O)(=O)Nc3ncccn3)cc2)C1=O. The van der Waals surface area contributed by atoms with E-state index in [1.165, 1.54) is 36.7 Å². The van der Waals surface area contributed by atoms with Crippen LogP contribution in [0.4, 0.5) is 16.4 Å². The van der Waals surface area contributed by atoms with Gasteiger partial charge in [0.2, 0.25) is 11.9 Å². The van der Waals surface area contributed by atoms with Crippen LogP contribution in [-0.4, -0.2) is 47.7 Å². The maximum Gasteiger partial charge on any atom is 0.325 e. The fraction of sp³-hybridized carbons (Fsp3) is 0.136. The first-order valence-electron chi connectivity index (χ1n) is 10.1. The van der Waals surface area contributed by atoms with Crippen molar-refractivity contribution >= 4 is 39.5 Å². The summed E-state index contributed by atoms with van der Waals surface area (Å²) < 4.78 is 27.1. The molecule has 4 amide bonds. The lowest BCUT2D eigenvalue weighted by atomic mass is 9.92. The van der Waals surface area contributed by atoms with E-state index in [-0.39, 0.29) is 16.5 Å². The molecule has 1 fully saturated rings. The first kappa shape index (κ1) is 22.9. The van der Waals surface area contributed by atoms with Crippen molar-refractivity contribution in [2.45, 2.75) is 17.4 Å². The molecule has 1 aromatic heterocycles. The Kier molecular flexibility index (Phi) is 5.99. The lowest BCUT2D eigenvalue weighted by molar-refractivity contribution is -0.133. The van der Waals surface area contributed by atoms with Crippen molar-refractivity contribution in [2.24, 2.45) is 0 Å². The Labute approximate surface area is 195 Å². The zero-order chi connectivity index (χ0) is 24.3. The van der Waals surface area contributed by atoms with Gasteiger partial charge in [0.25, 0.3) is 15.9 Å². The molecule has 1 saturated heterocycles. The normalized spacial score (nSPS) is 17.9. The number of hydrogen-bond donors (Lipinski definition) is 3. The van der Waals surface area contributed by atoms with Gasteiger partial charge in [0.1, 0.15) is 12.1 Å². The predicted octanol–water partition coefficient (Wildman–Crippen LogP) is 1.68. The third kappa shape index (κ3) is 4.57. The van der Waals surface area contributed by atoms with Gasteiger partial charge in [-0.1, -0.05) is 30.3 Å². The summed E-state index contributed by atoms with van der Waals surface area (Å²) in [7, 11) is -3.92. The van der Waals surface area contributed by atoms with Crippen molar-refractivity contribution < 1.29 is 22.8 Å². The number of nitrogens with one attached hydrogen (secondary N) is 3. The highest BCUT2D eigenvalue weighted by Crippen LogP contribution is 2.28. The Morgan fingerprint density at radius 2 is 1.65 bits per heavy atom. The number of amides is 4. The average Bonchev–Trinajstić information content (AvgIpc) is 3.04. The van der Waals surface area contributed by atoms with Gasteiger partial charge in [0.05, 0.1) is 4.90 Å². The molecule has 0 aliphatic carbocycles. The van der Waals surface area contributed by atoms with Crippen LogP contribution in [0.25, 0.3) is 0 Å². The minimum Gasteiger partial charge on any atom is -0.325 e. The molecule has 1 aliphatic rings. The molecular formula is C22H20N6O5S. The van der Waals surface area contributed by atoms with E-state index < -0.39 is 40.0 Å². The lowest BCUT2D eigenvalue weighted by Crippen LogP contribution is -2.42. The summed E-state index contributed by atoms with van der Waals surface area (Å²) in [5, 5.41) is 5.19. The zero-order valence-electron chi connectivity index (χ0n) is 17.9. The molecule has 1 atom stereocenters. The molecule has 4 rings (SSSR count). The summed E-state index contributed by atoms with van der Waals surface area (Å²) in [5.41, 5.74) is -0.384. The Morgan fingerprint density at radius 1 is 1.00 bits per heavy atom. The third-order valence-electron chi connectivity index (χ3n) is 5.17. The van der Waals surface area contributed by atoms with Crippen LogP contribution >= 0.6 is 0 Å². The molecule has 11 nitrogen and oxygen atoms in total. The van der Waals surface area contributed by atoms with Gasteiger partial charge in [-0.05, 0) is 42.8 Å². The number of sulfonamides is 1. The second kappa shape index (κ2) is 8.90. The van der Waals surface area contributed by atoms with Crippen molar-refractivity contribution in [2.75, 3.05) is 16.6 Å². The summed E-state index contributed by atoms with van der Waals surface area (Å²) in [6, 6.07) is 15.0. The fourth-order valence-corrected chi connectivity index (χ4v) is 4.36. The van der Waals surface area contributed by atoms with Crippen molar-refractivity contribution in [1.29, 1.82) is 0 Å². The van der Waals surface area contributed by atoms with E-state index in [0.29, 0.717) is 5.56 Å². The molecule has 0 bridgehead atoms. The van der Waals surface area contributed by atoms with Gasteiger partial charge >= 0.3 is 6.03 Å². The van der Waals surface area contributed by atoms with E-state index in [9.17, 15) is 22.8 Å². The summed E-state index contributed by atoms with van der Waals surface area (Å²) in [5.74, 6) is -1.24. The number of anilines is 2. The standard InChI is InChI=1S/C22H20N6O5S/c1-22(15-6-3-2-4-7-15)19(30)28(21(31)26-22)14-18(29)25-16-8-10-17(11-9-16)34(32,33)27-20-23-12-5-13-24-20/h2-13H,14H2,1H3,(H,25,29)(H,26,31)(H,23,24,27)/t22-/m0/s1. The van der Waals surface area contributed by atoms with Gasteiger partial charge in [-0.3, -0.25) is 14.5 Å². The van der Waals surface area contributed by atoms with Crippen molar-refractivity contribution in [3.8, 4) is 0 Å². The predicted molar refractivity (Wildman–Crippen MR) is 122 cm³/mol. The topological polar surface area (TPSA) is 150 Å². The molecule has 34 heavy (non-hydrogen) atoms. The number of carbonyl (C=O) groups is 3. The molecule has 0 saturated carbocycles. The Hall–Kier alpha value is -4.32. The Bertz CT molecular complexity index is 1330. The summed E-state index contributed by atoms with van der Waals surface area (Å²) in [4.78, 5) is 46.2. The number of nitrogens with zero attached hydrogens (tertiary/aromatic N) is 3. The number of hydrogen-bond acceptors (Lipinski definition) is 7. The van der Waals surface area contributed by atoms with Gasteiger partial charge in [-0.25, -0.2) is 27.9 Å². The van der Waals surface area contributed by atoms with Crippen LogP contribution < -0.4 is 15.4 Å². The quantitative estimate of drug-likeness (QED) is 0.435. The highest BCUT2D eigenvalue weighted by molar-refractivity contribution is 7.92. The minimum absolute atomic E-state index is 0.0642. The van der Waals surface area contributed by atoms with E-state index in [0.717, 1.165) is 4.90 Å². The number of urea groups is 1. The largest absolute Gasteiger partial charge is 0.325 e. The molecule has 3 N–H and O–H groups in total. The second-order valence-electron chi connectivity index (χ2n) is 7.56. The first-order chi connectivity index (χ1) is 16.2. The molecule has 1 aliphatic heterocycles. The summed E-state index contributed by atoms with van der Waals surface area (Å²) >= 11 is 0. The van der Waals surface area contributed by atoms with E-state index in [4.69, 9.17) is 0 Å². The molecule has 0 unspecified atom stereocenters. The van der Waals surface area contributed by atoms with E-state index >= 15 is 0 Å². The van der Waals surface area contributed by atoms with Crippen LogP contribution in [0.5, 0.6) is 0 Å². The van der Waals surface area contributed by atoms with Gasteiger partial charge in [0.15, 0.2) is 0 Å². The minimum atomic E-state index is -3.92. The molecule has 2 heterocycles. The Balaban J connectivity index is 1.41. The number of rotatable bonds is 7. The van der Waals surface area contributed by atoms with Crippen LogP contribution in [0.15, 0.2) is 78.0 Å². The van der Waals surface area contributed by atoms with Crippen molar-refractivity contribution in [3.05, 3.63) is 78.6 Å². The fourth-order valence-electron chi connectivity index (χ4n) is 3.40. The molecule has 3 aromatic rings. The number of carbonyl (C=O) groups excluding carboxylic acids is 3. The van der Waals surface area contributed by atoms with Crippen LogP contribution in [0.2, 0.25) is 0 Å². The monoisotopic (exact) mass is 480 g/mol. The zero-order valence-corrected chi connectivity index (χ0v) is 18.7. The van der Waals surface area contributed by atoms with E-state index in [2.05, 4.69) is 25.3 Å². The molecule has 174 valence electrons. The summed E-state index contributed by atoms with van der Waals surface area (Å²) in [6.45, 7) is 1.08.